The molecule has 0 aliphatic heterocycles. The van der Waals surface area contributed by atoms with Crippen LogP contribution in [-0.4, -0.2) is 13.2 Å². The molecule has 0 aliphatic rings. The van der Waals surface area contributed by atoms with Gasteiger partial charge in [-0.25, -0.2) is 0 Å². The smallest absolute Gasteiger partial charge is 0.0469 e. The summed E-state index contributed by atoms with van der Waals surface area (Å²) in [6.07, 6.45) is 2.26. The molecule has 1 rings (SSSR count). The number of hydrogen-bond donors (Lipinski definition) is 0. The van der Waals surface area contributed by atoms with E-state index in [4.69, 9.17) is 4.74 Å². The van der Waals surface area contributed by atoms with Crippen LogP contribution in [0.3, 0.4) is 0 Å². The van der Waals surface area contributed by atoms with Crippen molar-refractivity contribution < 1.29 is 4.74 Å². The number of ether oxygens (including phenoxy) is 1. The lowest BCUT2D eigenvalue weighted by molar-refractivity contribution is 0.145. The van der Waals surface area contributed by atoms with Gasteiger partial charge in [0, 0.05) is 13.2 Å². The van der Waals surface area contributed by atoms with Crippen molar-refractivity contribution in [3.8, 4) is 0 Å². The number of hydrogen-bond acceptors (Lipinski definition) is 1. The summed E-state index contributed by atoms with van der Waals surface area (Å²) in [5, 5.41) is 0. The van der Waals surface area contributed by atoms with Crippen molar-refractivity contribution in [2.24, 2.45) is 0 Å². The molecular formula is C12H18O. The largest absolute Gasteiger partial charge is 0.382 e. The van der Waals surface area contributed by atoms with Gasteiger partial charge in [-0.05, 0) is 37.8 Å². The first-order chi connectivity index (χ1) is 6.34. The Balaban J connectivity index is 2.32. The zero-order valence-corrected chi connectivity index (χ0v) is 8.55. The molecule has 0 bridgehead atoms. The van der Waals surface area contributed by atoms with E-state index in [-0.39, 0.29) is 0 Å². The van der Waals surface area contributed by atoms with Crippen LogP contribution >= 0.6 is 0 Å². The van der Waals surface area contributed by atoms with Crippen LogP contribution in [0, 0.1) is 6.92 Å². The molecule has 0 N–H and O–H groups in total. The van der Waals surface area contributed by atoms with E-state index in [9.17, 15) is 0 Å². The Kier molecular flexibility index (Phi) is 4.55. The van der Waals surface area contributed by atoms with Crippen LogP contribution in [0.2, 0.25) is 0 Å². The van der Waals surface area contributed by atoms with Gasteiger partial charge in [0.05, 0.1) is 0 Å². The van der Waals surface area contributed by atoms with Crippen LogP contribution in [0.15, 0.2) is 24.3 Å². The molecule has 72 valence electrons. The highest BCUT2D eigenvalue weighted by molar-refractivity contribution is 5.25. The first kappa shape index (κ1) is 10.3. The second-order valence-electron chi connectivity index (χ2n) is 3.23. The summed E-state index contributed by atoms with van der Waals surface area (Å²) < 4.78 is 5.30. The molecule has 0 saturated carbocycles. The molecule has 1 heteroatoms. The van der Waals surface area contributed by atoms with E-state index >= 15 is 0 Å². The van der Waals surface area contributed by atoms with Crippen LogP contribution in [0.5, 0.6) is 0 Å². The molecule has 0 atom stereocenters. The van der Waals surface area contributed by atoms with Gasteiger partial charge >= 0.3 is 0 Å². The predicted octanol–water partition coefficient (Wildman–Crippen LogP) is 2.96. The van der Waals surface area contributed by atoms with E-state index < -0.39 is 0 Å². The summed E-state index contributed by atoms with van der Waals surface area (Å²) in [4.78, 5) is 0. The third-order valence-corrected chi connectivity index (χ3v) is 2.20. The van der Waals surface area contributed by atoms with Crippen LogP contribution in [0.4, 0.5) is 0 Å². The minimum Gasteiger partial charge on any atom is -0.382 e. The maximum absolute atomic E-state index is 5.30. The lowest BCUT2D eigenvalue weighted by atomic mass is 10.0. The average Bonchev–Trinajstić information content (AvgIpc) is 2.15. The van der Waals surface area contributed by atoms with Gasteiger partial charge in [0.2, 0.25) is 0 Å². The van der Waals surface area contributed by atoms with E-state index in [2.05, 4.69) is 31.2 Å². The van der Waals surface area contributed by atoms with Gasteiger partial charge in [-0.3, -0.25) is 0 Å². The Bertz CT molecular complexity index is 243. The Labute approximate surface area is 80.7 Å². The van der Waals surface area contributed by atoms with E-state index in [1.54, 1.807) is 0 Å². The summed E-state index contributed by atoms with van der Waals surface area (Å²) in [6.45, 7) is 5.91. The van der Waals surface area contributed by atoms with Crippen molar-refractivity contribution in [1.82, 2.24) is 0 Å². The molecule has 0 fully saturated rings. The molecule has 1 aromatic carbocycles. The summed E-state index contributed by atoms with van der Waals surface area (Å²) in [5.41, 5.74) is 2.83. The maximum atomic E-state index is 5.30. The van der Waals surface area contributed by atoms with Gasteiger partial charge in [0.15, 0.2) is 0 Å². The minimum absolute atomic E-state index is 0.827. The number of benzene rings is 1. The van der Waals surface area contributed by atoms with Crippen molar-refractivity contribution in [1.29, 1.82) is 0 Å². The fourth-order valence-corrected chi connectivity index (χ4v) is 1.40. The fraction of sp³-hybridized carbons (Fsp3) is 0.500. The molecule has 0 amide bonds. The monoisotopic (exact) mass is 178 g/mol. The predicted molar refractivity (Wildman–Crippen MR) is 56.0 cm³/mol. The molecule has 0 aliphatic carbocycles. The van der Waals surface area contributed by atoms with Crippen LogP contribution in [0.1, 0.15) is 24.5 Å². The third kappa shape index (κ3) is 3.60. The summed E-state index contributed by atoms with van der Waals surface area (Å²) in [6, 6.07) is 8.54. The standard InChI is InChI=1S/C12H18O/c1-3-13-10-6-9-12-8-5-4-7-11(12)2/h4-5,7-8H,3,6,9-10H2,1-2H3. The highest BCUT2D eigenvalue weighted by atomic mass is 16.5. The van der Waals surface area contributed by atoms with Gasteiger partial charge in [0.25, 0.3) is 0 Å². The molecule has 0 heterocycles. The Morgan fingerprint density at radius 3 is 2.69 bits per heavy atom. The van der Waals surface area contributed by atoms with Gasteiger partial charge < -0.3 is 4.74 Å². The number of aryl methyl sites for hydroxylation is 2. The zero-order chi connectivity index (χ0) is 9.52. The first-order valence-electron chi connectivity index (χ1n) is 4.97. The Morgan fingerprint density at radius 1 is 1.23 bits per heavy atom. The zero-order valence-electron chi connectivity index (χ0n) is 8.55. The number of rotatable bonds is 5. The third-order valence-electron chi connectivity index (χ3n) is 2.20. The lowest BCUT2D eigenvalue weighted by Gasteiger charge is -2.04. The van der Waals surface area contributed by atoms with Gasteiger partial charge in [-0.2, -0.15) is 0 Å². The van der Waals surface area contributed by atoms with Crippen molar-refractivity contribution in [3.05, 3.63) is 35.4 Å². The van der Waals surface area contributed by atoms with Crippen LogP contribution in [0.25, 0.3) is 0 Å². The molecule has 0 radical (unpaired) electrons. The fourth-order valence-electron chi connectivity index (χ4n) is 1.40. The SMILES string of the molecule is CCOCCCc1ccccc1C. The van der Waals surface area contributed by atoms with Gasteiger partial charge in [-0.15, -0.1) is 0 Å². The van der Waals surface area contributed by atoms with Crippen LogP contribution < -0.4 is 0 Å². The molecule has 0 saturated heterocycles. The highest BCUT2D eigenvalue weighted by Gasteiger charge is 1.95. The molecule has 0 spiro atoms. The van der Waals surface area contributed by atoms with E-state index in [0.29, 0.717) is 0 Å². The van der Waals surface area contributed by atoms with Gasteiger partial charge in [0.1, 0.15) is 0 Å². The Hall–Kier alpha value is -0.820. The van der Waals surface area contributed by atoms with Gasteiger partial charge in [-0.1, -0.05) is 24.3 Å². The minimum atomic E-state index is 0.827. The van der Waals surface area contributed by atoms with Crippen molar-refractivity contribution in [2.75, 3.05) is 13.2 Å². The second kappa shape index (κ2) is 5.76. The Morgan fingerprint density at radius 2 is 2.00 bits per heavy atom. The average molecular weight is 178 g/mol. The summed E-state index contributed by atoms with van der Waals surface area (Å²) in [5.74, 6) is 0. The second-order valence-corrected chi connectivity index (χ2v) is 3.23. The quantitative estimate of drug-likeness (QED) is 0.630. The molecule has 1 nitrogen and oxygen atoms in total. The van der Waals surface area contributed by atoms with Crippen molar-refractivity contribution in [2.45, 2.75) is 26.7 Å². The normalized spacial score (nSPS) is 10.3. The molecule has 0 aromatic heterocycles. The molecule has 0 unspecified atom stereocenters. The summed E-state index contributed by atoms with van der Waals surface area (Å²) in [7, 11) is 0. The lowest BCUT2D eigenvalue weighted by Crippen LogP contribution is -1.97. The van der Waals surface area contributed by atoms with E-state index in [1.165, 1.54) is 11.1 Å². The van der Waals surface area contributed by atoms with Crippen molar-refractivity contribution in [3.63, 3.8) is 0 Å². The maximum Gasteiger partial charge on any atom is 0.0469 e. The molecule has 13 heavy (non-hydrogen) atoms. The van der Waals surface area contributed by atoms with E-state index in [0.717, 1.165) is 26.1 Å². The topological polar surface area (TPSA) is 9.23 Å². The van der Waals surface area contributed by atoms with Crippen molar-refractivity contribution >= 4 is 0 Å². The first-order valence-corrected chi connectivity index (χ1v) is 4.97. The molecular weight excluding hydrogens is 160 g/mol. The molecule has 1 aromatic rings. The van der Waals surface area contributed by atoms with Crippen LogP contribution in [-0.2, 0) is 11.2 Å². The van der Waals surface area contributed by atoms with E-state index in [1.807, 2.05) is 6.92 Å². The summed E-state index contributed by atoms with van der Waals surface area (Å²) >= 11 is 0. The highest BCUT2D eigenvalue weighted by Crippen LogP contribution is 2.09.